The van der Waals surface area contributed by atoms with Gasteiger partial charge in [0, 0.05) is 22.3 Å². The number of hydrogen-bond donors (Lipinski definition) is 0. The average molecular weight is 449 g/mol. The number of ether oxygens (including phenoxy) is 1. The Kier molecular flexibility index (Phi) is 13.6. The van der Waals surface area contributed by atoms with E-state index in [0.717, 1.165) is 62.9 Å². The maximum absolute atomic E-state index is 12.2. The van der Waals surface area contributed by atoms with E-state index in [-0.39, 0.29) is 5.60 Å². The fraction of sp³-hybridized carbons (Fsp3) is 0.714. The molecule has 1 aliphatic heterocycles. The van der Waals surface area contributed by atoms with E-state index < -0.39 is 10.8 Å². The Morgan fingerprint density at radius 3 is 1.87 bits per heavy atom. The second-order valence-electron chi connectivity index (χ2n) is 10.0. The zero-order valence-corrected chi connectivity index (χ0v) is 22.2. The van der Waals surface area contributed by atoms with Gasteiger partial charge in [0.25, 0.3) is 0 Å². The van der Waals surface area contributed by atoms with Crippen LogP contribution in [0.5, 0.6) is 0 Å². The molecule has 1 rings (SSSR count). The van der Waals surface area contributed by atoms with E-state index in [1.165, 1.54) is 28.7 Å². The summed E-state index contributed by atoms with van der Waals surface area (Å²) < 4.78 is 17.9. The van der Waals surface area contributed by atoms with Crippen LogP contribution in [0.25, 0.3) is 0 Å². The minimum absolute atomic E-state index is 0.0928. The molecule has 3 heteroatoms. The first-order chi connectivity index (χ1) is 14.6. The summed E-state index contributed by atoms with van der Waals surface area (Å²) in [6, 6.07) is 0. The van der Waals surface area contributed by atoms with Gasteiger partial charge in [0.05, 0.1) is 11.7 Å². The number of rotatable bonds is 16. The summed E-state index contributed by atoms with van der Waals surface area (Å²) in [7, 11) is -0.695. The van der Waals surface area contributed by atoms with Crippen LogP contribution in [0.1, 0.15) is 106 Å². The van der Waals surface area contributed by atoms with Gasteiger partial charge in [0.15, 0.2) is 0 Å². The number of unbranched alkanes of at least 4 members (excludes halogenated alkanes) is 1. The molecule has 0 spiro atoms. The van der Waals surface area contributed by atoms with Gasteiger partial charge >= 0.3 is 0 Å². The molecule has 2 unspecified atom stereocenters. The molecule has 0 aromatic carbocycles. The molecule has 1 saturated heterocycles. The second kappa shape index (κ2) is 15.0. The summed E-state index contributed by atoms with van der Waals surface area (Å²) in [6.07, 6.45) is 19.5. The average Bonchev–Trinajstić information content (AvgIpc) is 3.30. The molecule has 0 aromatic rings. The molecule has 0 amide bonds. The monoisotopic (exact) mass is 448 g/mol. The summed E-state index contributed by atoms with van der Waals surface area (Å²) >= 11 is 0. The predicted octanol–water partition coefficient (Wildman–Crippen LogP) is 8.23. The standard InChI is InChI=1S/C28H48O2S/c1-23(2)13-10-15-25(4)17-11-16-24(3)14-8-9-21-31(29)22-12-18-26(5)19-20-27-28(6,7)30-27/h13-14,17-18,27H,8-12,15-16,19-22H2,1-7H3/b24-14+,25-17+,26-18+. The summed E-state index contributed by atoms with van der Waals surface area (Å²) in [5, 5.41) is 0. The second-order valence-corrected chi connectivity index (χ2v) is 11.7. The quantitative estimate of drug-likeness (QED) is 0.135. The van der Waals surface area contributed by atoms with Gasteiger partial charge in [-0.1, -0.05) is 46.6 Å². The van der Waals surface area contributed by atoms with Crippen molar-refractivity contribution in [1.29, 1.82) is 0 Å². The van der Waals surface area contributed by atoms with Gasteiger partial charge in [-0.2, -0.15) is 0 Å². The van der Waals surface area contributed by atoms with Crippen LogP contribution in [0.2, 0.25) is 0 Å². The van der Waals surface area contributed by atoms with Crippen molar-refractivity contribution in [1.82, 2.24) is 0 Å². The summed E-state index contributed by atoms with van der Waals surface area (Å²) in [5.74, 6) is 1.62. The van der Waals surface area contributed by atoms with Crippen molar-refractivity contribution >= 4 is 10.8 Å². The first kappa shape index (κ1) is 28.1. The Labute approximate surface area is 195 Å². The van der Waals surface area contributed by atoms with E-state index in [4.69, 9.17) is 4.74 Å². The minimum Gasteiger partial charge on any atom is -0.367 e. The van der Waals surface area contributed by atoms with Crippen LogP contribution in [0.3, 0.4) is 0 Å². The zero-order valence-electron chi connectivity index (χ0n) is 21.4. The summed E-state index contributed by atoms with van der Waals surface area (Å²) in [5.41, 5.74) is 5.86. The molecule has 2 nitrogen and oxygen atoms in total. The van der Waals surface area contributed by atoms with Gasteiger partial charge in [-0.3, -0.25) is 4.21 Å². The highest BCUT2D eigenvalue weighted by molar-refractivity contribution is 7.84. The fourth-order valence-corrected chi connectivity index (χ4v) is 4.74. The summed E-state index contributed by atoms with van der Waals surface area (Å²) in [4.78, 5) is 0. The highest BCUT2D eigenvalue weighted by Gasteiger charge is 2.46. The normalized spacial score (nSPS) is 20.0. The van der Waals surface area contributed by atoms with Gasteiger partial charge in [0.2, 0.25) is 0 Å². The molecule has 0 bridgehead atoms. The Balaban J connectivity index is 2.09. The molecule has 2 atom stereocenters. The molecule has 1 heterocycles. The van der Waals surface area contributed by atoms with Gasteiger partial charge in [-0.25, -0.2) is 0 Å². The highest BCUT2D eigenvalue weighted by Crippen LogP contribution is 2.38. The Morgan fingerprint density at radius 2 is 1.29 bits per heavy atom. The topological polar surface area (TPSA) is 29.6 Å². The number of allylic oxidation sites excluding steroid dienone is 8. The van der Waals surface area contributed by atoms with Crippen molar-refractivity contribution in [2.75, 3.05) is 11.5 Å². The van der Waals surface area contributed by atoms with Crippen molar-refractivity contribution in [3.05, 3.63) is 46.6 Å². The molecule has 0 N–H and O–H groups in total. The third-order valence-corrected chi connectivity index (χ3v) is 7.43. The molecule has 1 fully saturated rings. The van der Waals surface area contributed by atoms with Crippen molar-refractivity contribution in [3.8, 4) is 0 Å². The van der Waals surface area contributed by atoms with Crippen LogP contribution in [0.15, 0.2) is 46.6 Å². The maximum Gasteiger partial charge on any atom is 0.0892 e. The SMILES string of the molecule is CC(C)=CCC/C(C)=C/CC/C(C)=C/CCCS(=O)CC/C=C(\C)CCC1OC1(C)C. The van der Waals surface area contributed by atoms with Gasteiger partial charge in [-0.15, -0.1) is 0 Å². The third kappa shape index (κ3) is 14.7. The first-order valence-electron chi connectivity index (χ1n) is 12.2. The lowest BCUT2D eigenvalue weighted by molar-refractivity contribution is 0.320. The molecule has 0 radical (unpaired) electrons. The first-order valence-corrected chi connectivity index (χ1v) is 13.7. The highest BCUT2D eigenvalue weighted by atomic mass is 32.2. The predicted molar refractivity (Wildman–Crippen MR) is 139 cm³/mol. The van der Waals surface area contributed by atoms with Crippen molar-refractivity contribution in [2.45, 2.75) is 118 Å². The van der Waals surface area contributed by atoms with Gasteiger partial charge in [0.1, 0.15) is 0 Å². The zero-order chi connectivity index (χ0) is 23.3. The van der Waals surface area contributed by atoms with Gasteiger partial charge < -0.3 is 4.74 Å². The van der Waals surface area contributed by atoms with Crippen LogP contribution < -0.4 is 0 Å². The molecular weight excluding hydrogens is 400 g/mol. The largest absolute Gasteiger partial charge is 0.367 e. The van der Waals surface area contributed by atoms with Crippen molar-refractivity contribution < 1.29 is 8.95 Å². The molecule has 1 aliphatic rings. The molecule has 0 aliphatic carbocycles. The van der Waals surface area contributed by atoms with Crippen molar-refractivity contribution in [2.24, 2.45) is 0 Å². The molecule has 31 heavy (non-hydrogen) atoms. The van der Waals surface area contributed by atoms with E-state index in [1.54, 1.807) is 0 Å². The lowest BCUT2D eigenvalue weighted by Gasteiger charge is -2.03. The van der Waals surface area contributed by atoms with E-state index in [9.17, 15) is 4.21 Å². The van der Waals surface area contributed by atoms with Crippen LogP contribution in [0.4, 0.5) is 0 Å². The molecule has 0 saturated carbocycles. The smallest absolute Gasteiger partial charge is 0.0892 e. The lowest BCUT2D eigenvalue weighted by atomic mass is 10.0. The van der Waals surface area contributed by atoms with Crippen LogP contribution in [-0.4, -0.2) is 27.4 Å². The van der Waals surface area contributed by atoms with Crippen molar-refractivity contribution in [3.63, 3.8) is 0 Å². The van der Waals surface area contributed by atoms with Crippen LogP contribution >= 0.6 is 0 Å². The Hall–Kier alpha value is -0.930. The van der Waals surface area contributed by atoms with E-state index in [0.29, 0.717) is 6.10 Å². The van der Waals surface area contributed by atoms with Crippen LogP contribution in [-0.2, 0) is 15.5 Å². The van der Waals surface area contributed by atoms with E-state index in [2.05, 4.69) is 72.8 Å². The fourth-order valence-electron chi connectivity index (χ4n) is 3.67. The van der Waals surface area contributed by atoms with E-state index >= 15 is 0 Å². The van der Waals surface area contributed by atoms with Gasteiger partial charge in [-0.05, 0) is 106 Å². The van der Waals surface area contributed by atoms with E-state index in [1.807, 2.05) is 0 Å². The lowest BCUT2D eigenvalue weighted by Crippen LogP contribution is -2.03. The number of hydrogen-bond acceptors (Lipinski definition) is 2. The Bertz CT molecular complexity index is 675. The molecule has 0 aromatic heterocycles. The summed E-state index contributed by atoms with van der Waals surface area (Å²) in [6.45, 7) is 15.3. The maximum atomic E-state index is 12.2. The molecular formula is C28H48O2S. The van der Waals surface area contributed by atoms with Crippen LogP contribution in [0, 0.1) is 0 Å². The molecule has 178 valence electrons. The number of epoxide rings is 1. The minimum atomic E-state index is -0.695. The third-order valence-electron chi connectivity index (χ3n) is 6.00. The Morgan fingerprint density at radius 1 is 0.774 bits per heavy atom.